The Hall–Kier alpha value is -1.36. The van der Waals surface area contributed by atoms with Crippen LogP contribution >= 0.6 is 11.8 Å². The number of halogens is 1. The first-order valence-electron chi connectivity index (χ1n) is 6.96. The van der Waals surface area contributed by atoms with Gasteiger partial charge in [0.25, 0.3) is 0 Å². The van der Waals surface area contributed by atoms with Crippen LogP contribution in [0.15, 0.2) is 30.3 Å². The van der Waals surface area contributed by atoms with Crippen molar-refractivity contribution in [1.29, 1.82) is 0 Å². The molecule has 0 bridgehead atoms. The molecule has 0 saturated carbocycles. The number of benzene rings is 1. The molecule has 1 aliphatic rings. The van der Waals surface area contributed by atoms with Crippen molar-refractivity contribution in [3.8, 4) is 0 Å². The topological polar surface area (TPSA) is 89.8 Å². The molecular weight excluding hydrogens is 345 g/mol. The number of amides is 1. The van der Waals surface area contributed by atoms with Crippen LogP contribution < -0.4 is 14.9 Å². The summed E-state index contributed by atoms with van der Waals surface area (Å²) in [4.78, 5) is 13.2. The third-order valence-electron chi connectivity index (χ3n) is 2.90. The van der Waals surface area contributed by atoms with E-state index in [2.05, 4.69) is 14.2 Å². The average molecular weight is 362 g/mol. The minimum atomic E-state index is -4.39. The van der Waals surface area contributed by atoms with E-state index in [1.54, 1.807) is 30.3 Å². The molecule has 1 saturated heterocycles. The molecule has 1 radical (unpaired) electrons. The standard InChI is InChI=1S/C13H17FN3O4S2/c14-7-4-9-17(11-5-2-1-3-6-11)13(18)21-23(19,20)16-12-15-8-10-22-12/h1-3,5-6,12,15H,4,7-10H2. The molecule has 127 valence electrons. The first-order valence-corrected chi connectivity index (χ1v) is 9.37. The van der Waals surface area contributed by atoms with Crippen LogP contribution in [-0.4, -0.2) is 45.5 Å². The molecule has 1 aromatic rings. The second-order valence-corrected chi connectivity index (χ2v) is 7.01. The van der Waals surface area contributed by atoms with Gasteiger partial charge in [0, 0.05) is 24.5 Å². The second kappa shape index (κ2) is 8.48. The molecule has 10 heteroatoms. The van der Waals surface area contributed by atoms with Crippen molar-refractivity contribution in [3.63, 3.8) is 0 Å². The maximum atomic E-state index is 12.4. The number of carbonyl (C=O) groups is 1. The van der Waals surface area contributed by atoms with Gasteiger partial charge in [-0.2, -0.15) is 8.42 Å². The Bertz CT molecular complexity index is 609. The molecule has 1 aliphatic heterocycles. The van der Waals surface area contributed by atoms with E-state index in [4.69, 9.17) is 0 Å². The van der Waals surface area contributed by atoms with Crippen LogP contribution in [0.1, 0.15) is 6.42 Å². The highest BCUT2D eigenvalue weighted by atomic mass is 32.2. The van der Waals surface area contributed by atoms with Gasteiger partial charge in [0.15, 0.2) is 0 Å². The number of rotatable bonds is 7. The smallest absolute Gasteiger partial charge is 0.314 e. The van der Waals surface area contributed by atoms with Gasteiger partial charge in [-0.1, -0.05) is 22.9 Å². The molecular formula is C13H17FN3O4S2. The normalized spacial score (nSPS) is 17.9. The molecule has 1 N–H and O–H groups in total. The monoisotopic (exact) mass is 362 g/mol. The Morgan fingerprint density at radius 1 is 1.43 bits per heavy atom. The lowest BCUT2D eigenvalue weighted by molar-refractivity contribution is 0.208. The van der Waals surface area contributed by atoms with Crippen molar-refractivity contribution in [2.24, 2.45) is 0 Å². The zero-order valence-electron chi connectivity index (χ0n) is 12.2. The summed E-state index contributed by atoms with van der Waals surface area (Å²) < 4.78 is 44.1. The second-order valence-electron chi connectivity index (χ2n) is 4.59. The lowest BCUT2D eigenvalue weighted by Crippen LogP contribution is -2.39. The van der Waals surface area contributed by atoms with E-state index in [0.717, 1.165) is 10.7 Å². The summed E-state index contributed by atoms with van der Waals surface area (Å²) in [5.74, 6) is 0.726. The molecule has 1 aromatic carbocycles. The van der Waals surface area contributed by atoms with Gasteiger partial charge in [0.1, 0.15) is 5.50 Å². The molecule has 2 rings (SSSR count). The minimum Gasteiger partial charge on any atom is -0.314 e. The maximum absolute atomic E-state index is 12.4. The number of anilines is 1. The quantitative estimate of drug-likeness (QED) is 0.790. The minimum absolute atomic E-state index is 0.00525. The number of para-hydroxylation sites is 1. The summed E-state index contributed by atoms with van der Waals surface area (Å²) in [5, 5.41) is 2.84. The summed E-state index contributed by atoms with van der Waals surface area (Å²) in [6.07, 6.45) is -1.03. The Morgan fingerprint density at radius 2 is 2.17 bits per heavy atom. The Balaban J connectivity index is 2.04. The highest BCUT2D eigenvalue weighted by molar-refractivity contribution is 8.00. The van der Waals surface area contributed by atoms with Crippen LogP contribution in [0, 0.1) is 0 Å². The van der Waals surface area contributed by atoms with E-state index in [1.165, 1.54) is 11.8 Å². The van der Waals surface area contributed by atoms with Gasteiger partial charge in [0.05, 0.1) is 6.67 Å². The molecule has 1 fully saturated rings. The van der Waals surface area contributed by atoms with Gasteiger partial charge >= 0.3 is 16.4 Å². The van der Waals surface area contributed by atoms with Crippen molar-refractivity contribution in [2.75, 3.05) is 30.4 Å². The Morgan fingerprint density at radius 3 is 2.78 bits per heavy atom. The summed E-state index contributed by atoms with van der Waals surface area (Å²) in [5.41, 5.74) is -0.224. The molecule has 1 heterocycles. The number of nitrogens with zero attached hydrogens (tertiary/aromatic N) is 2. The summed E-state index contributed by atoms with van der Waals surface area (Å²) in [6.45, 7) is 0.0105. The Labute approximate surface area is 138 Å². The SMILES string of the molecule is O=C(OS(=O)(=O)[N]C1NCCS1)N(CCCF)c1ccccc1. The lowest BCUT2D eigenvalue weighted by Gasteiger charge is -2.21. The van der Waals surface area contributed by atoms with Crippen LogP contribution in [-0.2, 0) is 14.5 Å². The van der Waals surface area contributed by atoms with Crippen molar-refractivity contribution in [3.05, 3.63) is 30.3 Å². The van der Waals surface area contributed by atoms with Crippen LogP contribution in [0.25, 0.3) is 0 Å². The Kier molecular flexibility index (Phi) is 6.63. The van der Waals surface area contributed by atoms with E-state index >= 15 is 0 Å². The van der Waals surface area contributed by atoms with Crippen molar-refractivity contribution < 1.29 is 21.8 Å². The molecule has 23 heavy (non-hydrogen) atoms. The predicted molar refractivity (Wildman–Crippen MR) is 86.2 cm³/mol. The first-order chi connectivity index (χ1) is 11.0. The number of nitrogens with one attached hydrogen (secondary N) is 1. The summed E-state index contributed by atoms with van der Waals surface area (Å²) in [6, 6.07) is 8.33. The van der Waals surface area contributed by atoms with Gasteiger partial charge < -0.3 is 4.18 Å². The number of alkyl halides is 1. The molecule has 0 aliphatic carbocycles. The van der Waals surface area contributed by atoms with E-state index in [9.17, 15) is 17.6 Å². The van der Waals surface area contributed by atoms with Crippen molar-refractivity contribution in [2.45, 2.75) is 11.9 Å². The largest absolute Gasteiger partial charge is 0.430 e. The zero-order valence-corrected chi connectivity index (χ0v) is 13.9. The van der Waals surface area contributed by atoms with E-state index in [0.29, 0.717) is 12.2 Å². The maximum Gasteiger partial charge on any atom is 0.430 e. The zero-order chi connectivity index (χ0) is 16.7. The van der Waals surface area contributed by atoms with Gasteiger partial charge in [-0.05, 0) is 18.6 Å². The average Bonchev–Trinajstić information content (AvgIpc) is 3.00. The van der Waals surface area contributed by atoms with Gasteiger partial charge in [0.2, 0.25) is 0 Å². The molecule has 1 atom stereocenters. The van der Waals surface area contributed by atoms with Crippen LogP contribution in [0.4, 0.5) is 14.9 Å². The third kappa shape index (κ3) is 5.65. The molecule has 7 nitrogen and oxygen atoms in total. The predicted octanol–water partition coefficient (Wildman–Crippen LogP) is 1.46. The third-order valence-corrected chi connectivity index (χ3v) is 4.89. The fourth-order valence-corrected chi connectivity index (χ4v) is 3.78. The lowest BCUT2D eigenvalue weighted by atomic mass is 10.3. The van der Waals surface area contributed by atoms with Gasteiger partial charge in [-0.15, -0.1) is 11.8 Å². The molecule has 1 unspecified atom stereocenters. The van der Waals surface area contributed by atoms with Gasteiger partial charge in [-0.3, -0.25) is 14.6 Å². The van der Waals surface area contributed by atoms with Gasteiger partial charge in [-0.25, -0.2) is 4.79 Å². The van der Waals surface area contributed by atoms with E-state index in [1.807, 2.05) is 0 Å². The van der Waals surface area contributed by atoms with E-state index < -0.39 is 28.6 Å². The fraction of sp³-hybridized carbons (Fsp3) is 0.462. The van der Waals surface area contributed by atoms with Crippen LogP contribution in [0.3, 0.4) is 0 Å². The fourth-order valence-electron chi connectivity index (χ4n) is 1.91. The van der Waals surface area contributed by atoms with Crippen LogP contribution in [0.2, 0.25) is 0 Å². The van der Waals surface area contributed by atoms with E-state index in [-0.39, 0.29) is 13.0 Å². The number of hydrogen-bond acceptors (Lipinski definition) is 6. The number of thioether (sulfide) groups is 1. The van der Waals surface area contributed by atoms with Crippen molar-refractivity contribution in [1.82, 2.24) is 10.0 Å². The number of hydrogen-bond donors (Lipinski definition) is 1. The molecule has 0 spiro atoms. The van der Waals surface area contributed by atoms with Crippen LogP contribution in [0.5, 0.6) is 0 Å². The molecule has 1 amide bonds. The number of carbonyl (C=O) groups excluding carboxylic acids is 1. The highest BCUT2D eigenvalue weighted by Gasteiger charge is 2.29. The highest BCUT2D eigenvalue weighted by Crippen LogP contribution is 2.17. The first kappa shape index (κ1) is 18.0. The van der Waals surface area contributed by atoms with Crippen molar-refractivity contribution >= 4 is 33.8 Å². The summed E-state index contributed by atoms with van der Waals surface area (Å²) in [7, 11) is -4.39. The molecule has 0 aromatic heterocycles. The summed E-state index contributed by atoms with van der Waals surface area (Å²) >= 11 is 1.30.